The quantitative estimate of drug-likeness (QED) is 0.445. The highest BCUT2D eigenvalue weighted by atomic mass is 32.1. The maximum absolute atomic E-state index is 14.0. The normalized spacial score (nSPS) is 21.5. The fourth-order valence-corrected chi connectivity index (χ4v) is 6.68. The molecule has 2 aromatic carbocycles. The third-order valence-corrected chi connectivity index (χ3v) is 8.84. The van der Waals surface area contributed by atoms with Crippen molar-refractivity contribution in [3.05, 3.63) is 76.4 Å². The number of carbonyl (C=O) groups excluding carboxylic acids is 3. The number of likely N-dealkylation sites (tertiary alicyclic amines) is 1. The number of nitrogens with zero attached hydrogens (tertiary/aromatic N) is 3. The van der Waals surface area contributed by atoms with E-state index in [9.17, 15) is 19.5 Å². The monoisotopic (exact) mass is 545 g/mol. The lowest BCUT2D eigenvalue weighted by atomic mass is 9.96. The molecule has 3 atom stereocenters. The molecule has 0 radical (unpaired) electrons. The first-order chi connectivity index (χ1) is 18.6. The van der Waals surface area contributed by atoms with E-state index in [4.69, 9.17) is 0 Å². The van der Waals surface area contributed by atoms with Gasteiger partial charge in [-0.3, -0.25) is 14.4 Å². The number of hydrogen-bond acceptors (Lipinski definition) is 6. The lowest BCUT2D eigenvalue weighted by molar-refractivity contribution is -0.143. The molecule has 0 saturated carbocycles. The van der Waals surface area contributed by atoms with Gasteiger partial charge in [-0.25, -0.2) is 4.98 Å². The van der Waals surface area contributed by atoms with Crippen LogP contribution < -0.4 is 0 Å². The predicted octanol–water partition coefficient (Wildman–Crippen LogP) is 4.65. The number of hydrogen-bond donors (Lipinski definition) is 1. The molecule has 0 spiro atoms. The van der Waals surface area contributed by atoms with Crippen molar-refractivity contribution in [1.82, 2.24) is 14.8 Å². The van der Waals surface area contributed by atoms with Crippen molar-refractivity contribution in [1.29, 1.82) is 0 Å². The number of benzene rings is 2. The number of Topliss-reactive ketones (excluding diaryl/α,β-unsaturated/α-hetero) is 1. The molecular weight excluding hydrogens is 510 g/mol. The molecule has 3 aromatic rings. The van der Waals surface area contributed by atoms with Crippen LogP contribution >= 0.6 is 11.3 Å². The number of carbonyl (C=O) groups is 3. The summed E-state index contributed by atoms with van der Waals surface area (Å²) in [6, 6.07) is 14.1. The SMILES string of the molecule is Cc1ncsc1-c1ccc(CCC(=O)[C@@H]2C[C@@](C)(O)CN2C(=O)[C@H](C(C)C)N2Cc3ccccc3C2=O)cc1. The van der Waals surface area contributed by atoms with Crippen LogP contribution in [0.3, 0.4) is 0 Å². The van der Waals surface area contributed by atoms with Crippen LogP contribution in [0.4, 0.5) is 0 Å². The standard InChI is InChI=1S/C31H35N3O4S/c1-19(2)27(33-16-23-7-5-6-8-24(23)29(33)36)30(37)34-17-31(4,38)15-25(34)26(35)14-11-21-9-12-22(13-10-21)28-20(3)32-18-39-28/h5-10,12-13,18-19,25,27,38H,11,14-17H2,1-4H3/t25-,27-,31+/m0/s1. The highest BCUT2D eigenvalue weighted by Gasteiger charge is 2.48. The van der Waals surface area contributed by atoms with Crippen molar-refractivity contribution in [3.8, 4) is 10.4 Å². The third-order valence-electron chi connectivity index (χ3n) is 7.87. The van der Waals surface area contributed by atoms with Crippen LogP contribution in [0.5, 0.6) is 0 Å². The van der Waals surface area contributed by atoms with Gasteiger partial charge in [0.1, 0.15) is 6.04 Å². The van der Waals surface area contributed by atoms with Crippen LogP contribution in [0.25, 0.3) is 10.4 Å². The number of amides is 2. The first-order valence-corrected chi connectivity index (χ1v) is 14.4. The van der Waals surface area contributed by atoms with Crippen molar-refractivity contribution >= 4 is 28.9 Å². The molecule has 2 aliphatic rings. The van der Waals surface area contributed by atoms with Gasteiger partial charge in [0.25, 0.3) is 5.91 Å². The van der Waals surface area contributed by atoms with Crippen molar-refractivity contribution in [3.63, 3.8) is 0 Å². The lowest BCUT2D eigenvalue weighted by Crippen LogP contribution is -2.54. The summed E-state index contributed by atoms with van der Waals surface area (Å²) in [6.45, 7) is 7.93. The maximum atomic E-state index is 14.0. The number of thiazole rings is 1. The average molecular weight is 546 g/mol. The molecule has 204 valence electrons. The van der Waals surface area contributed by atoms with Crippen molar-refractivity contribution in [2.75, 3.05) is 6.54 Å². The van der Waals surface area contributed by atoms with Gasteiger partial charge >= 0.3 is 0 Å². The summed E-state index contributed by atoms with van der Waals surface area (Å²) >= 11 is 1.61. The minimum Gasteiger partial charge on any atom is -0.388 e. The fourth-order valence-electron chi connectivity index (χ4n) is 5.87. The first-order valence-electron chi connectivity index (χ1n) is 13.5. The summed E-state index contributed by atoms with van der Waals surface area (Å²) in [5.74, 6) is -0.658. The topological polar surface area (TPSA) is 90.8 Å². The molecule has 1 fully saturated rings. The molecule has 2 amide bonds. The van der Waals surface area contributed by atoms with E-state index >= 15 is 0 Å². The molecule has 39 heavy (non-hydrogen) atoms. The van der Waals surface area contributed by atoms with E-state index in [0.717, 1.165) is 27.3 Å². The van der Waals surface area contributed by atoms with E-state index in [1.54, 1.807) is 29.2 Å². The molecule has 2 aliphatic heterocycles. The Kier molecular flexibility index (Phi) is 7.44. The zero-order chi connectivity index (χ0) is 27.9. The number of β-amino-alcohol motifs (C(OH)–C–C–N with tert-alkyl or cyclic N) is 1. The van der Waals surface area contributed by atoms with Gasteiger partial charge in [0, 0.05) is 24.9 Å². The van der Waals surface area contributed by atoms with Gasteiger partial charge in [-0.1, -0.05) is 56.3 Å². The van der Waals surface area contributed by atoms with Gasteiger partial charge in [0.2, 0.25) is 5.91 Å². The lowest BCUT2D eigenvalue weighted by Gasteiger charge is -2.35. The Morgan fingerprint density at radius 3 is 2.51 bits per heavy atom. The molecule has 0 aliphatic carbocycles. The van der Waals surface area contributed by atoms with Crippen LogP contribution in [0.2, 0.25) is 0 Å². The Balaban J connectivity index is 1.30. The smallest absolute Gasteiger partial charge is 0.255 e. The van der Waals surface area contributed by atoms with Crippen molar-refractivity contribution in [2.24, 2.45) is 5.92 Å². The highest BCUT2D eigenvalue weighted by molar-refractivity contribution is 7.13. The highest BCUT2D eigenvalue weighted by Crippen LogP contribution is 2.33. The maximum Gasteiger partial charge on any atom is 0.255 e. The third kappa shape index (κ3) is 5.40. The Bertz CT molecular complexity index is 1390. The second kappa shape index (κ2) is 10.7. The van der Waals surface area contributed by atoms with Gasteiger partial charge < -0.3 is 14.9 Å². The second-order valence-corrected chi connectivity index (χ2v) is 12.2. The van der Waals surface area contributed by atoms with Crippen LogP contribution in [-0.2, 0) is 22.6 Å². The number of aromatic nitrogens is 1. The number of aliphatic hydroxyl groups is 1. The number of ketones is 1. The van der Waals surface area contributed by atoms with Gasteiger partial charge in [-0.15, -0.1) is 11.3 Å². The van der Waals surface area contributed by atoms with Crippen LogP contribution in [0.15, 0.2) is 54.0 Å². The number of rotatable bonds is 8. The Morgan fingerprint density at radius 1 is 1.15 bits per heavy atom. The summed E-state index contributed by atoms with van der Waals surface area (Å²) in [5, 5.41) is 10.9. The van der Waals surface area contributed by atoms with Gasteiger partial charge in [-0.2, -0.15) is 0 Å². The van der Waals surface area contributed by atoms with E-state index in [2.05, 4.69) is 17.1 Å². The van der Waals surface area contributed by atoms with Crippen LogP contribution in [0, 0.1) is 12.8 Å². The molecule has 3 heterocycles. The minimum absolute atomic E-state index is 0.0676. The molecule has 0 unspecified atom stereocenters. The second-order valence-electron chi connectivity index (χ2n) is 11.4. The van der Waals surface area contributed by atoms with Gasteiger partial charge in [-0.05, 0) is 48.9 Å². The Labute approximate surface area is 233 Å². The summed E-state index contributed by atoms with van der Waals surface area (Å²) in [4.78, 5) is 49.3. The zero-order valence-electron chi connectivity index (χ0n) is 22.9. The summed E-state index contributed by atoms with van der Waals surface area (Å²) in [5.41, 5.74) is 5.34. The van der Waals surface area contributed by atoms with E-state index in [-0.39, 0.29) is 42.9 Å². The summed E-state index contributed by atoms with van der Waals surface area (Å²) < 4.78 is 0. The average Bonchev–Trinajstić information content (AvgIpc) is 3.58. The van der Waals surface area contributed by atoms with Crippen molar-refractivity contribution < 1.29 is 19.5 Å². The number of fused-ring (bicyclic) bond motifs is 1. The largest absolute Gasteiger partial charge is 0.388 e. The first kappa shape index (κ1) is 27.2. The molecule has 1 saturated heterocycles. The molecule has 1 aromatic heterocycles. The molecule has 8 heteroatoms. The van der Waals surface area contributed by atoms with Crippen LogP contribution in [-0.4, -0.2) is 61.7 Å². The predicted molar refractivity (Wildman–Crippen MR) is 151 cm³/mol. The molecule has 5 rings (SSSR count). The number of aryl methyl sites for hydroxylation is 2. The van der Waals surface area contributed by atoms with E-state index in [0.29, 0.717) is 18.5 Å². The summed E-state index contributed by atoms with van der Waals surface area (Å²) in [6.07, 6.45) is 1.01. The minimum atomic E-state index is -1.16. The fraction of sp³-hybridized carbons (Fsp3) is 0.419. The van der Waals surface area contributed by atoms with Crippen molar-refractivity contribution in [2.45, 2.75) is 71.2 Å². The zero-order valence-corrected chi connectivity index (χ0v) is 23.7. The molecular formula is C31H35N3O4S. The van der Waals surface area contributed by atoms with E-state index in [1.807, 2.05) is 56.6 Å². The van der Waals surface area contributed by atoms with Gasteiger partial charge in [0.05, 0.1) is 34.3 Å². The Hall–Kier alpha value is -3.36. The van der Waals surface area contributed by atoms with Gasteiger partial charge in [0.15, 0.2) is 5.78 Å². The molecule has 7 nitrogen and oxygen atoms in total. The summed E-state index contributed by atoms with van der Waals surface area (Å²) in [7, 11) is 0. The Morgan fingerprint density at radius 2 is 1.87 bits per heavy atom. The van der Waals surface area contributed by atoms with E-state index in [1.165, 1.54) is 4.90 Å². The van der Waals surface area contributed by atoms with Crippen LogP contribution in [0.1, 0.15) is 60.8 Å². The molecule has 0 bridgehead atoms. The van der Waals surface area contributed by atoms with E-state index < -0.39 is 17.7 Å². The molecule has 1 N–H and O–H groups in total.